The van der Waals surface area contributed by atoms with Gasteiger partial charge in [0.2, 0.25) is 5.91 Å². The number of likely N-dealkylation sites (N-methyl/N-ethyl adjacent to an activating group) is 1. The molecule has 384 valence electrons. The highest BCUT2D eigenvalue weighted by atomic mass is 32.1. The van der Waals surface area contributed by atoms with Gasteiger partial charge in [0.05, 0.1) is 47.8 Å². The summed E-state index contributed by atoms with van der Waals surface area (Å²) >= 11 is 0. The first-order chi connectivity index (χ1) is 30.5. The molecule has 3 aliphatic heterocycles. The number of hydrogen-bond acceptors (Lipinski definition) is 9. The van der Waals surface area contributed by atoms with Crippen molar-refractivity contribution >= 4 is 102 Å². The summed E-state index contributed by atoms with van der Waals surface area (Å²) in [6, 6.07) is 11.4. The highest BCUT2D eigenvalue weighted by Crippen LogP contribution is 2.50. The summed E-state index contributed by atoms with van der Waals surface area (Å²) in [6.07, 6.45) is -2.12. The van der Waals surface area contributed by atoms with Crippen LogP contribution in [0, 0.1) is 17.3 Å². The molecule has 6 bridgehead atoms. The predicted octanol–water partition coefficient (Wildman–Crippen LogP) is 7.73. The molecule has 12 nitrogen and oxygen atoms in total. The molecule has 2 amide bonds. The Balaban J connectivity index is 0.00000252. The van der Waals surface area contributed by atoms with Crippen molar-refractivity contribution in [1.29, 1.82) is 0 Å². The molecule has 2 aromatic carbocycles. The molecule has 2 saturated heterocycles. The normalized spacial score (nSPS) is 22.0. The van der Waals surface area contributed by atoms with Gasteiger partial charge in [-0.05, 0) is 98.7 Å². The predicted molar refractivity (Wildman–Crippen MR) is 288 cm³/mol. The molecule has 5 atom stereocenters. The fourth-order valence-corrected chi connectivity index (χ4v) is 9.63. The first kappa shape index (κ1) is 60.0. The quantitative estimate of drug-likeness (QED) is 0.135. The lowest BCUT2D eigenvalue weighted by molar-refractivity contribution is -0.156. The number of methoxy groups -OCH3 is 1. The van der Waals surface area contributed by atoms with Gasteiger partial charge >= 0.3 is 12.1 Å². The van der Waals surface area contributed by atoms with Gasteiger partial charge in [-0.25, -0.2) is 9.82 Å². The molecule has 1 saturated carbocycles. The Morgan fingerprint density at radius 2 is 1.71 bits per heavy atom. The number of hydrazine groups is 1. The maximum Gasteiger partial charge on any atom is 0.392 e. The van der Waals surface area contributed by atoms with Crippen molar-refractivity contribution in [3.63, 3.8) is 0 Å². The molecular weight excluding hydrogens is 991 g/mol. The largest absolute Gasteiger partial charge is 0.464 e. The van der Waals surface area contributed by atoms with Crippen LogP contribution in [-0.2, 0) is 49.9 Å². The number of nitrogens with zero attached hydrogens (tertiary/aromatic N) is 5. The lowest BCUT2D eigenvalue weighted by Crippen LogP contribution is -2.60. The van der Waals surface area contributed by atoms with Gasteiger partial charge in [-0.2, -0.15) is 80.6 Å². The van der Waals surface area contributed by atoms with E-state index in [9.17, 15) is 31.9 Å². The number of carbonyl (C=O) groups excluding carboxylic acids is 3. The number of esters is 1. The summed E-state index contributed by atoms with van der Waals surface area (Å²) in [5, 5.41) is 4.83. The minimum atomic E-state index is -4.54. The van der Waals surface area contributed by atoms with E-state index < -0.39 is 60.0 Å². The zero-order valence-electron chi connectivity index (χ0n) is 40.0. The Morgan fingerprint density at radius 1 is 1.00 bits per heavy atom. The van der Waals surface area contributed by atoms with Crippen LogP contribution in [0.4, 0.5) is 23.2 Å². The second-order valence-electron chi connectivity index (χ2n) is 18.8. The monoisotopic (exact) mass is 1060 g/mol. The van der Waals surface area contributed by atoms with Crippen molar-refractivity contribution in [2.45, 2.75) is 97.4 Å². The number of rotatable bonds is 8. The lowest BCUT2D eigenvalue weighted by atomic mass is 9.84. The van der Waals surface area contributed by atoms with Crippen LogP contribution in [0.3, 0.4) is 0 Å². The van der Waals surface area contributed by atoms with Gasteiger partial charge < -0.3 is 29.2 Å². The zero-order chi connectivity index (χ0) is 45.7. The highest BCUT2D eigenvalue weighted by Gasteiger charge is 2.59. The van der Waals surface area contributed by atoms with E-state index in [2.05, 4.69) is 71.1 Å². The standard InChI is InChI=1S/C48H59F4N7O5.5H2S/c1-7-58-41-11-10-31-21-34(41)37(43(58)36-22-33(26-53-42(36)28(2)63-6)57-15-13-56(5)14-16-57)24-47(3,4)27-64-46(62)39-9-8-12-59(55-39)45(61)40(20-29-17-30(25-49)19-32(31)18-29)54-44(60)35-23-38(35)48(50,51)52;;;;;/h10-11,17-19,21-22,26,28,35,38-40,55H,7-9,12-16,20,23-25,27H2,1-6H3,(H,54,60);5*1H2/t28-,35-,38-,39-,40-;;;;;/m0...../s1. The molecule has 0 radical (unpaired) electrons. The molecule has 4 aliphatic rings. The topological polar surface area (TPSA) is 121 Å². The third kappa shape index (κ3) is 13.0. The van der Waals surface area contributed by atoms with E-state index in [4.69, 9.17) is 14.5 Å². The number of nitrogens with one attached hydrogen (secondary N) is 2. The minimum Gasteiger partial charge on any atom is -0.464 e. The molecule has 69 heavy (non-hydrogen) atoms. The van der Waals surface area contributed by atoms with E-state index in [1.807, 2.05) is 25.3 Å². The highest BCUT2D eigenvalue weighted by molar-refractivity contribution is 7.60. The summed E-state index contributed by atoms with van der Waals surface area (Å²) in [4.78, 5) is 51.2. The van der Waals surface area contributed by atoms with E-state index in [-0.39, 0.29) is 99.6 Å². The SMILES string of the molecule is CCn1c(-c2cc(N3CCN(C)CC3)cnc2[C@H](C)OC)c2c3cc(ccc31)-c1cc(CF)cc(c1)C[C@H](NC(=O)[C@H]1C[C@@H]1C(F)(F)F)C(=O)N1CCC[C@H](N1)C(=O)OCC(C)(C)C2.S.S.S.S.S. The molecule has 2 aromatic heterocycles. The van der Waals surface area contributed by atoms with Gasteiger partial charge in [0.1, 0.15) is 18.8 Å². The molecular formula is C48H69F4N7O5S5. The third-order valence-corrected chi connectivity index (χ3v) is 13.4. The lowest BCUT2D eigenvalue weighted by Gasteiger charge is -2.35. The van der Waals surface area contributed by atoms with Crippen LogP contribution in [0.25, 0.3) is 33.3 Å². The van der Waals surface area contributed by atoms with Gasteiger partial charge in [0, 0.05) is 74.7 Å². The first-order valence-corrected chi connectivity index (χ1v) is 22.4. The fourth-order valence-electron chi connectivity index (χ4n) is 9.63. The van der Waals surface area contributed by atoms with E-state index in [1.54, 1.807) is 19.2 Å². The molecule has 3 fully saturated rings. The van der Waals surface area contributed by atoms with Crippen molar-refractivity contribution < 1.29 is 41.4 Å². The van der Waals surface area contributed by atoms with Crippen LogP contribution in [0.2, 0.25) is 0 Å². The molecule has 0 spiro atoms. The number of carbonyl (C=O) groups is 3. The summed E-state index contributed by atoms with van der Waals surface area (Å²) < 4.78 is 69.8. The Kier molecular flexibility index (Phi) is 21.2. The van der Waals surface area contributed by atoms with Crippen molar-refractivity contribution in [2.24, 2.45) is 17.3 Å². The zero-order valence-corrected chi connectivity index (χ0v) is 45.0. The number of anilines is 1. The van der Waals surface area contributed by atoms with Gasteiger partial charge in [-0.15, -0.1) is 0 Å². The average Bonchev–Trinajstić information content (AvgIpc) is 4.06. The van der Waals surface area contributed by atoms with Gasteiger partial charge in [0.25, 0.3) is 5.91 Å². The molecule has 1 aliphatic carbocycles. The van der Waals surface area contributed by atoms with Crippen molar-refractivity contribution in [3.05, 3.63) is 71.0 Å². The maximum atomic E-state index is 14.8. The number of aryl methyl sites for hydroxylation is 1. The number of halogens is 4. The Labute approximate surface area is 437 Å². The van der Waals surface area contributed by atoms with Gasteiger partial charge in [-0.1, -0.05) is 32.0 Å². The second-order valence-corrected chi connectivity index (χ2v) is 18.8. The molecule has 4 aromatic rings. The Morgan fingerprint density at radius 3 is 2.35 bits per heavy atom. The maximum absolute atomic E-state index is 14.8. The first-order valence-electron chi connectivity index (χ1n) is 22.4. The summed E-state index contributed by atoms with van der Waals surface area (Å²) in [5.41, 5.74) is 10.4. The minimum absolute atomic E-state index is 0. The van der Waals surface area contributed by atoms with E-state index in [1.165, 1.54) is 5.01 Å². The van der Waals surface area contributed by atoms with E-state index >= 15 is 0 Å². The average molecular weight is 1060 g/mol. The molecule has 8 rings (SSSR count). The number of fused-ring (bicyclic) bond motifs is 6. The van der Waals surface area contributed by atoms with Crippen molar-refractivity contribution in [2.75, 3.05) is 58.4 Å². The Bertz CT molecular complexity index is 2440. The number of piperazine rings is 1. The van der Waals surface area contributed by atoms with E-state index in [0.29, 0.717) is 42.5 Å². The number of alkyl halides is 4. The van der Waals surface area contributed by atoms with Crippen molar-refractivity contribution in [3.8, 4) is 22.4 Å². The van der Waals surface area contributed by atoms with Crippen molar-refractivity contribution in [1.82, 2.24) is 30.2 Å². The van der Waals surface area contributed by atoms with Crippen LogP contribution in [-0.4, -0.2) is 109 Å². The number of pyridine rings is 1. The number of ether oxygens (including phenoxy) is 2. The van der Waals surface area contributed by atoms with E-state index in [0.717, 1.165) is 70.8 Å². The molecule has 0 unspecified atom stereocenters. The third-order valence-electron chi connectivity index (χ3n) is 13.4. The summed E-state index contributed by atoms with van der Waals surface area (Å²) in [7, 11) is 3.80. The second kappa shape index (κ2) is 24.4. The van der Waals surface area contributed by atoms with Crippen LogP contribution < -0.4 is 15.6 Å². The number of cyclic esters (lactones) is 1. The van der Waals surface area contributed by atoms with Crippen LogP contribution in [0.15, 0.2) is 48.7 Å². The summed E-state index contributed by atoms with van der Waals surface area (Å²) in [5.74, 6) is -5.13. The smallest absolute Gasteiger partial charge is 0.392 e. The molecule has 21 heteroatoms. The molecule has 5 heterocycles. The number of benzene rings is 2. The molecule has 2 N–H and O–H groups in total. The van der Waals surface area contributed by atoms with Gasteiger partial charge in [-0.3, -0.25) is 24.4 Å². The van der Waals surface area contributed by atoms with Crippen LogP contribution >= 0.6 is 67.5 Å². The number of amides is 2. The van der Waals surface area contributed by atoms with Gasteiger partial charge in [0.15, 0.2) is 0 Å². The van der Waals surface area contributed by atoms with Crippen LogP contribution in [0.1, 0.15) is 75.4 Å². The summed E-state index contributed by atoms with van der Waals surface area (Å²) in [6.45, 7) is 11.8. The fraction of sp³-hybridized carbons (Fsp3) is 0.542. The Hall–Kier alpha value is -3.31. The number of aromatic nitrogens is 2. The number of hydrogen-bond donors (Lipinski definition) is 2. The van der Waals surface area contributed by atoms with Crippen LogP contribution in [0.5, 0.6) is 0 Å².